The number of hydrogen-bond donors (Lipinski definition) is 1. The first-order valence-corrected chi connectivity index (χ1v) is 9.13. The SMILES string of the molecule is Cc1ccc(/C=C\C(=O)c2c(-c3ccccc3)c3ccccc3[nH]c2=O)cc1. The van der Waals surface area contributed by atoms with Crippen molar-refractivity contribution in [2.75, 3.05) is 0 Å². The number of aromatic nitrogens is 1. The van der Waals surface area contributed by atoms with Crippen LogP contribution in [0.15, 0.2) is 89.7 Å². The highest BCUT2D eigenvalue weighted by Gasteiger charge is 2.18. The van der Waals surface area contributed by atoms with Crippen LogP contribution in [0.4, 0.5) is 0 Å². The Hall–Kier alpha value is -3.72. The van der Waals surface area contributed by atoms with Crippen molar-refractivity contribution < 1.29 is 4.79 Å². The Morgan fingerprint density at radius 2 is 1.54 bits per heavy atom. The highest BCUT2D eigenvalue weighted by Crippen LogP contribution is 2.29. The molecule has 0 unspecified atom stereocenters. The Kier molecular flexibility index (Phi) is 4.73. The van der Waals surface area contributed by atoms with Crippen LogP contribution in [0.2, 0.25) is 0 Å². The van der Waals surface area contributed by atoms with E-state index in [2.05, 4.69) is 4.98 Å². The number of carbonyl (C=O) groups is 1. The fraction of sp³-hybridized carbons (Fsp3) is 0.0400. The fourth-order valence-electron chi connectivity index (χ4n) is 3.32. The molecule has 0 fully saturated rings. The average Bonchev–Trinajstić information content (AvgIpc) is 2.72. The second-order valence-corrected chi connectivity index (χ2v) is 6.72. The summed E-state index contributed by atoms with van der Waals surface area (Å²) in [6, 6.07) is 25.0. The number of allylic oxidation sites excluding steroid dienone is 1. The maximum atomic E-state index is 13.0. The molecular weight excluding hydrogens is 346 g/mol. The van der Waals surface area contributed by atoms with Crippen molar-refractivity contribution >= 4 is 22.8 Å². The van der Waals surface area contributed by atoms with Crippen LogP contribution in [0.5, 0.6) is 0 Å². The van der Waals surface area contributed by atoms with Gasteiger partial charge in [0.1, 0.15) is 0 Å². The van der Waals surface area contributed by atoms with Crippen LogP contribution >= 0.6 is 0 Å². The molecule has 28 heavy (non-hydrogen) atoms. The van der Waals surface area contributed by atoms with Crippen molar-refractivity contribution in [1.29, 1.82) is 0 Å². The Morgan fingerprint density at radius 1 is 0.857 bits per heavy atom. The van der Waals surface area contributed by atoms with Crippen molar-refractivity contribution in [2.24, 2.45) is 0 Å². The number of carbonyl (C=O) groups excluding carboxylic acids is 1. The van der Waals surface area contributed by atoms with Crippen molar-refractivity contribution in [3.05, 3.63) is 112 Å². The zero-order chi connectivity index (χ0) is 19.5. The lowest BCUT2D eigenvalue weighted by Crippen LogP contribution is -2.18. The van der Waals surface area contributed by atoms with Crippen LogP contribution in [0, 0.1) is 6.92 Å². The third-order valence-corrected chi connectivity index (χ3v) is 4.74. The van der Waals surface area contributed by atoms with E-state index in [0.29, 0.717) is 11.1 Å². The van der Waals surface area contributed by atoms with Gasteiger partial charge in [-0.05, 0) is 30.2 Å². The summed E-state index contributed by atoms with van der Waals surface area (Å²) in [5.74, 6) is -0.313. The molecule has 4 rings (SSSR count). The largest absolute Gasteiger partial charge is 0.321 e. The van der Waals surface area contributed by atoms with E-state index in [4.69, 9.17) is 0 Å². The average molecular weight is 365 g/mol. The standard InChI is InChI=1S/C25H19NO2/c1-17-11-13-18(14-12-17)15-16-22(27)24-23(19-7-3-2-4-8-19)20-9-5-6-10-21(20)26-25(24)28/h2-16H,1H3,(H,26,28)/b16-15-. The van der Waals surface area contributed by atoms with E-state index < -0.39 is 0 Å². The zero-order valence-corrected chi connectivity index (χ0v) is 15.5. The van der Waals surface area contributed by atoms with Crippen LogP contribution < -0.4 is 5.56 Å². The maximum absolute atomic E-state index is 13.0. The lowest BCUT2D eigenvalue weighted by Gasteiger charge is -2.11. The second kappa shape index (κ2) is 7.49. The van der Waals surface area contributed by atoms with Gasteiger partial charge in [-0.15, -0.1) is 0 Å². The first-order valence-electron chi connectivity index (χ1n) is 9.13. The smallest absolute Gasteiger partial charge is 0.260 e. The van der Waals surface area contributed by atoms with E-state index >= 15 is 0 Å². The lowest BCUT2D eigenvalue weighted by atomic mass is 9.94. The van der Waals surface area contributed by atoms with Crippen LogP contribution in [0.1, 0.15) is 21.5 Å². The van der Waals surface area contributed by atoms with Crippen LogP contribution in [0.25, 0.3) is 28.1 Å². The predicted molar refractivity (Wildman–Crippen MR) is 115 cm³/mol. The highest BCUT2D eigenvalue weighted by atomic mass is 16.1. The number of pyridine rings is 1. The van der Waals surface area contributed by atoms with Crippen LogP contribution in [0.3, 0.4) is 0 Å². The molecule has 136 valence electrons. The molecular formula is C25H19NO2. The van der Waals surface area contributed by atoms with E-state index in [1.165, 1.54) is 6.08 Å². The molecule has 0 aliphatic carbocycles. The topological polar surface area (TPSA) is 49.9 Å². The number of aryl methyl sites for hydroxylation is 1. The van der Waals surface area contributed by atoms with Gasteiger partial charge in [-0.3, -0.25) is 9.59 Å². The van der Waals surface area contributed by atoms with Gasteiger partial charge in [0.25, 0.3) is 5.56 Å². The van der Waals surface area contributed by atoms with Crippen molar-refractivity contribution in [1.82, 2.24) is 4.98 Å². The monoisotopic (exact) mass is 365 g/mol. The van der Waals surface area contributed by atoms with E-state index in [1.807, 2.05) is 85.8 Å². The summed E-state index contributed by atoms with van der Waals surface area (Å²) >= 11 is 0. The molecule has 0 spiro atoms. The Bertz CT molecular complexity index is 1230. The van der Waals surface area contributed by atoms with Crippen molar-refractivity contribution in [3.8, 4) is 11.1 Å². The van der Waals surface area contributed by atoms with Gasteiger partial charge in [0.2, 0.25) is 0 Å². The first-order chi connectivity index (χ1) is 13.6. The van der Waals surface area contributed by atoms with E-state index in [1.54, 1.807) is 6.08 Å². The van der Waals surface area contributed by atoms with Gasteiger partial charge in [-0.25, -0.2) is 0 Å². The highest BCUT2D eigenvalue weighted by molar-refractivity contribution is 6.15. The van der Waals surface area contributed by atoms with Gasteiger partial charge in [0, 0.05) is 16.5 Å². The summed E-state index contributed by atoms with van der Waals surface area (Å²) in [5.41, 5.74) is 4.07. The number of rotatable bonds is 4. The summed E-state index contributed by atoms with van der Waals surface area (Å²) in [7, 11) is 0. The van der Waals surface area contributed by atoms with Crippen molar-refractivity contribution in [2.45, 2.75) is 6.92 Å². The van der Waals surface area contributed by atoms with Crippen LogP contribution in [-0.2, 0) is 0 Å². The number of nitrogens with one attached hydrogen (secondary N) is 1. The molecule has 0 atom stereocenters. The molecule has 0 saturated heterocycles. The van der Waals surface area contributed by atoms with Crippen molar-refractivity contribution in [3.63, 3.8) is 0 Å². The molecule has 0 aliphatic rings. The minimum Gasteiger partial charge on any atom is -0.321 e. The summed E-state index contributed by atoms with van der Waals surface area (Å²) in [5, 5.41) is 0.848. The molecule has 1 aromatic heterocycles. The van der Waals surface area contributed by atoms with E-state index in [0.717, 1.165) is 22.1 Å². The van der Waals surface area contributed by atoms with Gasteiger partial charge in [-0.2, -0.15) is 0 Å². The molecule has 0 aliphatic heterocycles. The minimum absolute atomic E-state index is 0.160. The summed E-state index contributed by atoms with van der Waals surface area (Å²) in [6.07, 6.45) is 3.21. The third-order valence-electron chi connectivity index (χ3n) is 4.74. The van der Waals surface area contributed by atoms with Gasteiger partial charge in [0.05, 0.1) is 5.56 Å². The molecule has 0 saturated carbocycles. The molecule has 0 bridgehead atoms. The third kappa shape index (κ3) is 3.42. The molecule has 1 N–H and O–H groups in total. The molecule has 3 aromatic carbocycles. The maximum Gasteiger partial charge on any atom is 0.260 e. The van der Waals surface area contributed by atoms with E-state index in [-0.39, 0.29) is 16.9 Å². The van der Waals surface area contributed by atoms with E-state index in [9.17, 15) is 9.59 Å². The normalized spacial score (nSPS) is 11.2. The Labute approximate surface area is 163 Å². The number of benzene rings is 3. The number of hydrogen-bond acceptors (Lipinski definition) is 2. The lowest BCUT2D eigenvalue weighted by molar-refractivity contribution is 0.104. The molecule has 0 amide bonds. The Morgan fingerprint density at radius 3 is 2.29 bits per heavy atom. The Balaban J connectivity index is 1.88. The summed E-state index contributed by atoms with van der Waals surface area (Å²) in [4.78, 5) is 28.7. The molecule has 0 radical (unpaired) electrons. The summed E-state index contributed by atoms with van der Waals surface area (Å²) < 4.78 is 0. The molecule has 3 nitrogen and oxygen atoms in total. The number of para-hydroxylation sites is 1. The molecule has 1 heterocycles. The van der Waals surface area contributed by atoms with Gasteiger partial charge in [0.15, 0.2) is 5.78 Å². The van der Waals surface area contributed by atoms with Gasteiger partial charge in [-0.1, -0.05) is 84.4 Å². The fourth-order valence-corrected chi connectivity index (χ4v) is 3.32. The molecule has 3 heteroatoms. The predicted octanol–water partition coefficient (Wildman–Crippen LogP) is 5.40. The number of ketones is 1. The zero-order valence-electron chi connectivity index (χ0n) is 15.5. The second-order valence-electron chi connectivity index (χ2n) is 6.72. The summed E-state index contributed by atoms with van der Waals surface area (Å²) in [6.45, 7) is 2.01. The van der Waals surface area contributed by atoms with Crippen LogP contribution in [-0.4, -0.2) is 10.8 Å². The number of aromatic amines is 1. The molecule has 4 aromatic rings. The first kappa shape index (κ1) is 17.7. The quantitative estimate of drug-likeness (QED) is 0.389. The number of fused-ring (bicyclic) bond motifs is 1. The number of H-pyrrole nitrogens is 1. The van der Waals surface area contributed by atoms with Gasteiger partial charge >= 0.3 is 0 Å². The van der Waals surface area contributed by atoms with Gasteiger partial charge < -0.3 is 4.98 Å². The minimum atomic E-state index is -0.379.